The Bertz CT molecular complexity index is 444. The van der Waals surface area contributed by atoms with Crippen LogP contribution < -0.4 is 5.73 Å². The second-order valence-electron chi connectivity index (χ2n) is 4.95. The molecule has 0 amide bonds. The van der Waals surface area contributed by atoms with Crippen LogP contribution in [0.2, 0.25) is 0 Å². The fourth-order valence-electron chi connectivity index (χ4n) is 2.42. The Labute approximate surface area is 125 Å². The number of hydrogen-bond donors (Lipinski definition) is 1. The zero-order valence-electron chi connectivity index (χ0n) is 11.7. The minimum atomic E-state index is -3.45. The summed E-state index contributed by atoms with van der Waals surface area (Å²) < 4.78 is 30.7. The maximum atomic E-state index is 12.4. The zero-order chi connectivity index (χ0) is 15.2. The Kier molecular flexibility index (Phi) is 6.84. The Morgan fingerprint density at radius 3 is 2.50 bits per heavy atom. The lowest BCUT2D eigenvalue weighted by atomic mass is 10.2. The summed E-state index contributed by atoms with van der Waals surface area (Å²) in [6.45, 7) is 0.0839. The summed E-state index contributed by atoms with van der Waals surface area (Å²) in [7, 11) is -2.16. The van der Waals surface area contributed by atoms with E-state index in [2.05, 4.69) is 4.74 Å². The number of nitrogens with two attached hydrogens (primary N) is 1. The van der Waals surface area contributed by atoms with Gasteiger partial charge in [0, 0.05) is 12.5 Å². The molecule has 2 N–H and O–H groups in total. The number of carbonyl (C=O) groups is 1. The third-order valence-corrected chi connectivity index (χ3v) is 5.49. The number of ether oxygens (including phenoxy) is 1. The highest BCUT2D eigenvalue weighted by Crippen LogP contribution is 2.26. The second kappa shape index (κ2) is 7.90. The van der Waals surface area contributed by atoms with Crippen molar-refractivity contribution in [2.75, 3.05) is 19.4 Å². The van der Waals surface area contributed by atoms with Crippen molar-refractivity contribution in [2.45, 2.75) is 44.6 Å². The van der Waals surface area contributed by atoms with E-state index in [9.17, 15) is 13.2 Å². The lowest BCUT2D eigenvalue weighted by molar-refractivity contribution is -0.140. The average Bonchev–Trinajstić information content (AvgIpc) is 2.88. The molecule has 0 aromatic rings. The summed E-state index contributed by atoms with van der Waals surface area (Å²) >= 11 is 4.85. The fraction of sp³-hybridized carbons (Fsp3) is 0.833. The lowest BCUT2D eigenvalue weighted by Crippen LogP contribution is -2.44. The van der Waals surface area contributed by atoms with Gasteiger partial charge in [0.05, 0.1) is 24.4 Å². The maximum absolute atomic E-state index is 12.4. The van der Waals surface area contributed by atoms with Gasteiger partial charge in [0.1, 0.15) is 0 Å². The van der Waals surface area contributed by atoms with Gasteiger partial charge in [-0.15, -0.1) is 0 Å². The molecule has 1 saturated carbocycles. The molecule has 0 aromatic heterocycles. The van der Waals surface area contributed by atoms with Crippen molar-refractivity contribution in [1.29, 1.82) is 0 Å². The smallest absolute Gasteiger partial charge is 0.305 e. The van der Waals surface area contributed by atoms with Gasteiger partial charge >= 0.3 is 5.97 Å². The van der Waals surface area contributed by atoms with Gasteiger partial charge in [-0.1, -0.05) is 25.1 Å². The number of sulfonamides is 1. The molecule has 0 aliphatic heterocycles. The molecule has 0 atom stereocenters. The highest BCUT2D eigenvalue weighted by molar-refractivity contribution is 7.89. The molecule has 1 aliphatic carbocycles. The molecule has 0 radical (unpaired) electrons. The van der Waals surface area contributed by atoms with Crippen LogP contribution in [0.5, 0.6) is 0 Å². The van der Waals surface area contributed by atoms with Crippen LogP contribution in [-0.4, -0.2) is 49.1 Å². The molecule has 8 heteroatoms. The summed E-state index contributed by atoms with van der Waals surface area (Å²) in [5.41, 5.74) is 5.51. The molecule has 0 heterocycles. The molecule has 0 saturated heterocycles. The second-order valence-corrected chi connectivity index (χ2v) is 7.51. The van der Waals surface area contributed by atoms with Gasteiger partial charge in [-0.2, -0.15) is 4.31 Å². The molecular formula is C12H22N2O4S2. The van der Waals surface area contributed by atoms with Crippen LogP contribution in [0.25, 0.3) is 0 Å². The first kappa shape index (κ1) is 17.3. The van der Waals surface area contributed by atoms with Crippen molar-refractivity contribution in [3.05, 3.63) is 0 Å². The van der Waals surface area contributed by atoms with Crippen LogP contribution in [0.4, 0.5) is 0 Å². The summed E-state index contributed by atoms with van der Waals surface area (Å²) in [6.07, 6.45) is 4.08. The number of esters is 1. The van der Waals surface area contributed by atoms with Crippen LogP contribution in [0.15, 0.2) is 0 Å². The van der Waals surface area contributed by atoms with Gasteiger partial charge < -0.3 is 10.5 Å². The van der Waals surface area contributed by atoms with Crippen molar-refractivity contribution < 1.29 is 17.9 Å². The Morgan fingerprint density at radius 2 is 2.00 bits per heavy atom. The van der Waals surface area contributed by atoms with E-state index in [1.54, 1.807) is 0 Å². The SMILES string of the molecule is COC(=O)CCCS(=O)(=O)N(CC(N)=S)C1CCCC1. The van der Waals surface area contributed by atoms with Crippen LogP contribution in [-0.2, 0) is 19.6 Å². The first-order valence-electron chi connectivity index (χ1n) is 6.71. The summed E-state index contributed by atoms with van der Waals surface area (Å²) in [5, 5.41) is 0. The third kappa shape index (κ3) is 5.34. The van der Waals surface area contributed by atoms with Crippen molar-refractivity contribution >= 4 is 33.2 Å². The van der Waals surface area contributed by atoms with Crippen molar-refractivity contribution in [3.63, 3.8) is 0 Å². The highest BCUT2D eigenvalue weighted by atomic mass is 32.2. The number of thiocarbonyl (C=S) groups is 1. The van der Waals surface area contributed by atoms with E-state index < -0.39 is 16.0 Å². The molecule has 1 rings (SSSR count). The number of methoxy groups -OCH3 is 1. The quantitative estimate of drug-likeness (QED) is 0.525. The minimum absolute atomic E-state index is 0.0142. The summed E-state index contributed by atoms with van der Waals surface area (Å²) in [6, 6.07) is -0.0142. The van der Waals surface area contributed by atoms with Crippen LogP contribution in [0.1, 0.15) is 38.5 Å². The molecule has 116 valence electrons. The number of carbonyl (C=O) groups excluding carboxylic acids is 1. The first-order valence-corrected chi connectivity index (χ1v) is 8.73. The van der Waals surface area contributed by atoms with E-state index in [0.29, 0.717) is 0 Å². The number of rotatable bonds is 8. The fourth-order valence-corrected chi connectivity index (χ4v) is 4.38. The first-order chi connectivity index (χ1) is 9.36. The maximum Gasteiger partial charge on any atom is 0.305 e. The number of nitrogens with zero attached hydrogens (tertiary/aromatic N) is 1. The van der Waals surface area contributed by atoms with Gasteiger partial charge in [-0.3, -0.25) is 4.79 Å². The Balaban J connectivity index is 2.66. The topological polar surface area (TPSA) is 89.7 Å². The van der Waals surface area contributed by atoms with E-state index in [0.717, 1.165) is 25.7 Å². The molecule has 1 aliphatic rings. The van der Waals surface area contributed by atoms with Crippen LogP contribution in [0, 0.1) is 0 Å². The summed E-state index contributed by atoms with van der Waals surface area (Å²) in [5.74, 6) is -0.483. The van der Waals surface area contributed by atoms with E-state index in [1.807, 2.05) is 0 Å². The molecule has 0 spiro atoms. The van der Waals surface area contributed by atoms with E-state index in [1.165, 1.54) is 11.4 Å². The zero-order valence-corrected chi connectivity index (χ0v) is 13.3. The normalized spacial score (nSPS) is 16.5. The van der Waals surface area contributed by atoms with Crippen LogP contribution >= 0.6 is 12.2 Å². The molecule has 0 bridgehead atoms. The predicted molar refractivity (Wildman–Crippen MR) is 80.8 cm³/mol. The molecule has 20 heavy (non-hydrogen) atoms. The number of hydrogen-bond acceptors (Lipinski definition) is 5. The predicted octanol–water partition coefficient (Wildman–Crippen LogP) is 0.800. The van der Waals surface area contributed by atoms with Crippen LogP contribution in [0.3, 0.4) is 0 Å². The van der Waals surface area contributed by atoms with Crippen molar-refractivity contribution in [1.82, 2.24) is 4.31 Å². The monoisotopic (exact) mass is 322 g/mol. The van der Waals surface area contributed by atoms with Gasteiger partial charge in [-0.25, -0.2) is 8.42 Å². The molecule has 0 unspecified atom stereocenters. The Morgan fingerprint density at radius 1 is 1.40 bits per heavy atom. The summed E-state index contributed by atoms with van der Waals surface area (Å²) in [4.78, 5) is 11.2. The average molecular weight is 322 g/mol. The van der Waals surface area contributed by atoms with E-state index in [4.69, 9.17) is 18.0 Å². The van der Waals surface area contributed by atoms with Crippen molar-refractivity contribution in [3.8, 4) is 0 Å². The van der Waals surface area contributed by atoms with Gasteiger partial charge in [0.15, 0.2) is 0 Å². The standard InChI is InChI=1S/C12H22N2O4S2/c1-18-12(15)7-4-8-20(16,17)14(9-11(13)19)10-5-2-3-6-10/h10H,2-9H2,1H3,(H2,13,19). The third-order valence-electron chi connectivity index (χ3n) is 3.41. The van der Waals surface area contributed by atoms with Crippen molar-refractivity contribution in [2.24, 2.45) is 5.73 Å². The van der Waals surface area contributed by atoms with Gasteiger partial charge in [-0.05, 0) is 19.3 Å². The lowest BCUT2D eigenvalue weighted by Gasteiger charge is -2.27. The molecule has 0 aromatic carbocycles. The van der Waals surface area contributed by atoms with Gasteiger partial charge in [0.2, 0.25) is 10.0 Å². The highest BCUT2D eigenvalue weighted by Gasteiger charge is 2.32. The van der Waals surface area contributed by atoms with E-state index >= 15 is 0 Å². The minimum Gasteiger partial charge on any atom is -0.469 e. The molecule has 1 fully saturated rings. The van der Waals surface area contributed by atoms with Gasteiger partial charge in [0.25, 0.3) is 0 Å². The molecular weight excluding hydrogens is 300 g/mol. The largest absolute Gasteiger partial charge is 0.469 e. The van der Waals surface area contributed by atoms with E-state index in [-0.39, 0.29) is 36.2 Å². The molecule has 6 nitrogen and oxygen atoms in total. The Hall–Kier alpha value is -0.730.